The molecule has 0 aliphatic carbocycles. The van der Waals surface area contributed by atoms with Crippen molar-refractivity contribution >= 4 is 41.1 Å². The van der Waals surface area contributed by atoms with E-state index in [4.69, 9.17) is 0 Å². The van der Waals surface area contributed by atoms with Gasteiger partial charge >= 0.3 is 0 Å². The zero-order valence-corrected chi connectivity index (χ0v) is 14.7. The summed E-state index contributed by atoms with van der Waals surface area (Å²) in [5.74, 6) is 3.72. The average Bonchev–Trinajstić information content (AvgIpc) is 2.71. The zero-order valence-electron chi connectivity index (χ0n) is 12.3. The maximum Gasteiger partial charge on any atom is 0.161 e. The smallest absolute Gasteiger partial charge is 0.161 e. The quantitative estimate of drug-likeness (QED) is 0.421. The fourth-order valence-corrected chi connectivity index (χ4v) is 5.56. The Labute approximate surface area is 129 Å². The van der Waals surface area contributed by atoms with Crippen LogP contribution in [0.5, 0.6) is 0 Å². The van der Waals surface area contributed by atoms with Gasteiger partial charge in [-0.1, -0.05) is 27.7 Å². The van der Waals surface area contributed by atoms with Gasteiger partial charge in [0.25, 0.3) is 0 Å². The molecule has 1 aromatic rings. The second kappa shape index (κ2) is 9.09. The number of carbonyl (C=O) groups is 1. The fourth-order valence-electron chi connectivity index (χ4n) is 1.47. The van der Waals surface area contributed by atoms with Gasteiger partial charge in [-0.2, -0.15) is 0 Å². The van der Waals surface area contributed by atoms with Crippen LogP contribution in [0.3, 0.4) is 0 Å². The summed E-state index contributed by atoms with van der Waals surface area (Å²) in [6.07, 6.45) is 3.44. The van der Waals surface area contributed by atoms with E-state index in [1.165, 1.54) is 22.6 Å². The molecule has 4 heteroatoms. The van der Waals surface area contributed by atoms with Gasteiger partial charge in [0, 0.05) is 15.2 Å². The van der Waals surface area contributed by atoms with Crippen LogP contribution in [0.4, 0.5) is 0 Å². The zero-order chi connectivity index (χ0) is 14.3. The third-order valence-corrected chi connectivity index (χ3v) is 6.30. The van der Waals surface area contributed by atoms with Crippen molar-refractivity contribution in [3.05, 3.63) is 10.3 Å². The summed E-state index contributed by atoms with van der Waals surface area (Å²) in [6, 6.07) is 0. The highest BCUT2D eigenvalue weighted by Crippen LogP contribution is 2.38. The Morgan fingerprint density at radius 2 is 1.68 bits per heavy atom. The third-order valence-electron chi connectivity index (χ3n) is 2.74. The molecule has 19 heavy (non-hydrogen) atoms. The van der Waals surface area contributed by atoms with Gasteiger partial charge in [-0.05, 0) is 36.2 Å². The second-order valence-corrected chi connectivity index (χ2v) is 8.63. The lowest BCUT2D eigenvalue weighted by atomic mass is 10.2. The fraction of sp³-hybridized carbons (Fsp3) is 0.667. The van der Waals surface area contributed by atoms with E-state index in [9.17, 15) is 4.79 Å². The first-order valence-corrected chi connectivity index (χ1v) is 9.72. The van der Waals surface area contributed by atoms with Crippen LogP contribution in [0.1, 0.15) is 50.2 Å². The van der Waals surface area contributed by atoms with Crippen molar-refractivity contribution in [2.75, 3.05) is 11.5 Å². The van der Waals surface area contributed by atoms with E-state index in [-0.39, 0.29) is 0 Å². The minimum absolute atomic E-state index is 0.725. The molecule has 0 radical (unpaired) electrons. The van der Waals surface area contributed by atoms with Crippen molar-refractivity contribution in [1.82, 2.24) is 0 Å². The van der Waals surface area contributed by atoms with E-state index in [2.05, 4.69) is 33.1 Å². The van der Waals surface area contributed by atoms with Crippen molar-refractivity contribution in [1.29, 1.82) is 0 Å². The number of thioether (sulfide) groups is 2. The van der Waals surface area contributed by atoms with Crippen molar-refractivity contribution in [3.63, 3.8) is 0 Å². The Hall–Kier alpha value is 0.0700. The Bertz CT molecular complexity index is 383. The summed E-state index contributed by atoms with van der Waals surface area (Å²) in [7, 11) is 0. The average molecular weight is 317 g/mol. The monoisotopic (exact) mass is 316 g/mol. The number of rotatable bonds is 9. The number of carbonyl (C=O) groups excluding carboxylic acids is 1. The molecule has 0 aromatic carbocycles. The topological polar surface area (TPSA) is 17.1 Å². The predicted octanol–water partition coefficient (Wildman–Crippen LogP) is 5.84. The number of aldehydes is 1. The van der Waals surface area contributed by atoms with Crippen LogP contribution in [-0.2, 0) is 0 Å². The van der Waals surface area contributed by atoms with Gasteiger partial charge in [0.1, 0.15) is 0 Å². The van der Waals surface area contributed by atoms with Crippen molar-refractivity contribution in [2.45, 2.75) is 50.3 Å². The largest absolute Gasteiger partial charge is 0.297 e. The molecule has 0 aliphatic heterocycles. The minimum atomic E-state index is 0.725. The van der Waals surface area contributed by atoms with E-state index in [0.717, 1.165) is 34.5 Å². The predicted molar refractivity (Wildman–Crippen MR) is 90.1 cm³/mol. The van der Waals surface area contributed by atoms with Gasteiger partial charge in [0.15, 0.2) is 6.29 Å². The standard InChI is InChI=1S/C15H24OS3/c1-11(2)5-7-17-14-10-19-13(9-16)15(14)18-8-6-12(3)4/h9-12H,5-8H2,1-4H3. The summed E-state index contributed by atoms with van der Waals surface area (Å²) in [5, 5.41) is 2.15. The molecule has 1 aromatic heterocycles. The lowest BCUT2D eigenvalue weighted by molar-refractivity contribution is 0.112. The summed E-state index contributed by atoms with van der Waals surface area (Å²) in [4.78, 5) is 14.5. The maximum absolute atomic E-state index is 11.1. The van der Waals surface area contributed by atoms with E-state index in [1.54, 1.807) is 11.3 Å². The summed E-state index contributed by atoms with van der Waals surface area (Å²) < 4.78 is 0. The number of hydrogen-bond donors (Lipinski definition) is 0. The summed E-state index contributed by atoms with van der Waals surface area (Å²) in [6.45, 7) is 8.99. The van der Waals surface area contributed by atoms with Crippen LogP contribution >= 0.6 is 34.9 Å². The van der Waals surface area contributed by atoms with Crippen LogP contribution in [0, 0.1) is 11.8 Å². The van der Waals surface area contributed by atoms with Crippen LogP contribution in [0.2, 0.25) is 0 Å². The maximum atomic E-state index is 11.1. The Kier molecular flexibility index (Phi) is 8.19. The molecule has 0 amide bonds. The molecule has 108 valence electrons. The van der Waals surface area contributed by atoms with Crippen molar-refractivity contribution < 1.29 is 4.79 Å². The second-order valence-electron chi connectivity index (χ2n) is 5.47. The molecule has 0 unspecified atom stereocenters. The van der Waals surface area contributed by atoms with Gasteiger partial charge in [0.05, 0.1) is 4.88 Å². The molecule has 0 aliphatic rings. The van der Waals surface area contributed by atoms with Crippen LogP contribution in [-0.4, -0.2) is 17.8 Å². The molecule has 0 saturated heterocycles. The Morgan fingerprint density at radius 1 is 1.11 bits per heavy atom. The van der Waals surface area contributed by atoms with Gasteiger partial charge in [-0.25, -0.2) is 0 Å². The molecule has 0 spiro atoms. The molecule has 0 saturated carbocycles. The van der Waals surface area contributed by atoms with Gasteiger partial charge in [0.2, 0.25) is 0 Å². The normalized spacial score (nSPS) is 11.5. The van der Waals surface area contributed by atoms with Crippen molar-refractivity contribution in [2.24, 2.45) is 11.8 Å². The van der Waals surface area contributed by atoms with Crippen LogP contribution < -0.4 is 0 Å². The SMILES string of the molecule is CC(C)CCSc1csc(C=O)c1SCCC(C)C. The molecule has 0 N–H and O–H groups in total. The molecule has 1 nitrogen and oxygen atoms in total. The van der Waals surface area contributed by atoms with Crippen LogP contribution in [0.25, 0.3) is 0 Å². The lowest BCUT2D eigenvalue weighted by Crippen LogP contribution is -1.92. The van der Waals surface area contributed by atoms with Gasteiger partial charge in [-0.15, -0.1) is 34.9 Å². The Morgan fingerprint density at radius 3 is 2.21 bits per heavy atom. The highest BCUT2D eigenvalue weighted by atomic mass is 32.2. The molecule has 0 fully saturated rings. The first kappa shape index (κ1) is 17.1. The lowest BCUT2D eigenvalue weighted by Gasteiger charge is -2.08. The molecule has 1 heterocycles. The highest BCUT2D eigenvalue weighted by Gasteiger charge is 2.12. The van der Waals surface area contributed by atoms with E-state index < -0.39 is 0 Å². The number of thiophene rings is 1. The first-order valence-electron chi connectivity index (χ1n) is 6.86. The third kappa shape index (κ3) is 6.37. The highest BCUT2D eigenvalue weighted by molar-refractivity contribution is 8.02. The van der Waals surface area contributed by atoms with E-state index in [0.29, 0.717) is 0 Å². The molecular formula is C15H24OS3. The summed E-state index contributed by atoms with van der Waals surface area (Å²) >= 11 is 5.34. The molecule has 0 atom stereocenters. The number of hydrogen-bond acceptors (Lipinski definition) is 4. The van der Waals surface area contributed by atoms with Crippen LogP contribution in [0.15, 0.2) is 15.2 Å². The van der Waals surface area contributed by atoms with E-state index in [1.807, 2.05) is 23.5 Å². The van der Waals surface area contributed by atoms with Gasteiger partial charge < -0.3 is 0 Å². The Balaban J connectivity index is 2.59. The summed E-state index contributed by atoms with van der Waals surface area (Å²) in [5.41, 5.74) is 0. The van der Waals surface area contributed by atoms with Gasteiger partial charge in [-0.3, -0.25) is 4.79 Å². The minimum Gasteiger partial charge on any atom is -0.297 e. The first-order chi connectivity index (χ1) is 9.04. The molecular weight excluding hydrogens is 292 g/mol. The molecule has 1 rings (SSSR count). The van der Waals surface area contributed by atoms with Crippen molar-refractivity contribution in [3.8, 4) is 0 Å². The van der Waals surface area contributed by atoms with E-state index >= 15 is 0 Å². The molecule has 0 bridgehead atoms.